The van der Waals surface area contributed by atoms with Crippen molar-refractivity contribution < 1.29 is 4.79 Å². The molecule has 2 aromatic rings. The molecule has 0 bridgehead atoms. The van der Waals surface area contributed by atoms with E-state index in [9.17, 15) is 4.79 Å². The largest absolute Gasteiger partial charge is 0.353 e. The van der Waals surface area contributed by atoms with Gasteiger partial charge in [0.1, 0.15) is 0 Å². The molecular weight excluding hydrogens is 296 g/mol. The van der Waals surface area contributed by atoms with Crippen molar-refractivity contribution in [1.29, 1.82) is 0 Å². The van der Waals surface area contributed by atoms with Gasteiger partial charge >= 0.3 is 0 Å². The Balaban J connectivity index is 1.99. The second-order valence-corrected chi connectivity index (χ2v) is 6.41. The Morgan fingerprint density at radius 1 is 1.04 bits per heavy atom. The molecular formula is C21H28N2O. The standard InChI is InChI=1S/C21H28N2O/c1-3-10-19(15-17-11-6-4-7-12-17)23-21(24)16(2)20(22)18-13-8-5-9-14-18/h4-9,11-14,16,19-20H,3,10,15,22H2,1-2H3,(H,23,24). The number of amides is 1. The van der Waals surface area contributed by atoms with Gasteiger partial charge in [-0.05, 0) is 24.0 Å². The molecule has 3 atom stereocenters. The Hall–Kier alpha value is -2.13. The van der Waals surface area contributed by atoms with E-state index in [1.54, 1.807) is 0 Å². The van der Waals surface area contributed by atoms with Crippen LogP contribution in [0.3, 0.4) is 0 Å². The minimum atomic E-state index is -0.287. The van der Waals surface area contributed by atoms with E-state index in [-0.39, 0.29) is 23.9 Å². The number of rotatable bonds is 8. The zero-order valence-electron chi connectivity index (χ0n) is 14.6. The molecule has 0 spiro atoms. The summed E-state index contributed by atoms with van der Waals surface area (Å²) in [5.41, 5.74) is 8.52. The predicted octanol–water partition coefficient (Wildman–Crippen LogP) is 3.85. The molecule has 3 heteroatoms. The lowest BCUT2D eigenvalue weighted by atomic mass is 9.93. The van der Waals surface area contributed by atoms with Gasteiger partial charge in [0.05, 0.1) is 5.92 Å². The van der Waals surface area contributed by atoms with Crippen LogP contribution in [0.5, 0.6) is 0 Å². The van der Waals surface area contributed by atoms with E-state index in [0.29, 0.717) is 0 Å². The third-order valence-corrected chi connectivity index (χ3v) is 4.45. The fourth-order valence-corrected chi connectivity index (χ4v) is 2.93. The van der Waals surface area contributed by atoms with Gasteiger partial charge in [0.15, 0.2) is 0 Å². The second-order valence-electron chi connectivity index (χ2n) is 6.41. The zero-order valence-corrected chi connectivity index (χ0v) is 14.6. The van der Waals surface area contributed by atoms with Crippen LogP contribution in [-0.4, -0.2) is 11.9 Å². The second kappa shape index (κ2) is 9.24. The van der Waals surface area contributed by atoms with Gasteiger partial charge < -0.3 is 11.1 Å². The van der Waals surface area contributed by atoms with Crippen LogP contribution in [0.1, 0.15) is 43.9 Å². The molecule has 128 valence electrons. The molecule has 2 aromatic carbocycles. The number of carbonyl (C=O) groups is 1. The Morgan fingerprint density at radius 2 is 1.62 bits per heavy atom. The summed E-state index contributed by atoms with van der Waals surface area (Å²) in [6.07, 6.45) is 2.86. The molecule has 0 heterocycles. The number of carbonyl (C=O) groups excluding carboxylic acids is 1. The SMILES string of the molecule is CCCC(Cc1ccccc1)NC(=O)C(C)C(N)c1ccccc1. The normalized spacial score (nSPS) is 14.6. The minimum Gasteiger partial charge on any atom is -0.353 e. The van der Waals surface area contributed by atoms with E-state index in [4.69, 9.17) is 5.73 Å². The summed E-state index contributed by atoms with van der Waals surface area (Å²) in [6, 6.07) is 20.0. The number of hydrogen-bond acceptors (Lipinski definition) is 2. The lowest BCUT2D eigenvalue weighted by Crippen LogP contribution is -2.42. The highest BCUT2D eigenvalue weighted by Gasteiger charge is 2.24. The number of benzene rings is 2. The number of nitrogens with one attached hydrogen (secondary N) is 1. The monoisotopic (exact) mass is 324 g/mol. The van der Waals surface area contributed by atoms with Crippen molar-refractivity contribution in [3.8, 4) is 0 Å². The number of hydrogen-bond donors (Lipinski definition) is 2. The molecule has 3 N–H and O–H groups in total. The Labute approximate surface area is 145 Å². The van der Waals surface area contributed by atoms with Crippen LogP contribution < -0.4 is 11.1 Å². The smallest absolute Gasteiger partial charge is 0.224 e. The van der Waals surface area contributed by atoms with Gasteiger partial charge in [-0.25, -0.2) is 0 Å². The number of nitrogens with two attached hydrogens (primary N) is 1. The molecule has 3 unspecified atom stereocenters. The van der Waals surface area contributed by atoms with Crippen molar-refractivity contribution in [2.45, 2.75) is 45.2 Å². The molecule has 0 aliphatic carbocycles. The van der Waals surface area contributed by atoms with Crippen LogP contribution in [0.25, 0.3) is 0 Å². The summed E-state index contributed by atoms with van der Waals surface area (Å²) < 4.78 is 0. The van der Waals surface area contributed by atoms with Crippen molar-refractivity contribution in [2.24, 2.45) is 11.7 Å². The lowest BCUT2D eigenvalue weighted by Gasteiger charge is -2.24. The van der Waals surface area contributed by atoms with Crippen LogP contribution in [-0.2, 0) is 11.2 Å². The van der Waals surface area contributed by atoms with Crippen molar-refractivity contribution in [1.82, 2.24) is 5.32 Å². The van der Waals surface area contributed by atoms with Gasteiger partial charge in [-0.15, -0.1) is 0 Å². The molecule has 0 saturated carbocycles. The van der Waals surface area contributed by atoms with Gasteiger partial charge in [0.25, 0.3) is 0 Å². The first-order valence-electron chi connectivity index (χ1n) is 8.76. The average molecular weight is 324 g/mol. The Kier molecular flexibility index (Phi) is 7.01. The highest BCUT2D eigenvalue weighted by Crippen LogP contribution is 2.19. The fraction of sp³-hybridized carbons (Fsp3) is 0.381. The van der Waals surface area contributed by atoms with Crippen molar-refractivity contribution in [3.05, 3.63) is 71.8 Å². The third kappa shape index (κ3) is 5.20. The van der Waals surface area contributed by atoms with Crippen molar-refractivity contribution in [2.75, 3.05) is 0 Å². The molecule has 0 aromatic heterocycles. The van der Waals surface area contributed by atoms with Gasteiger partial charge in [0.2, 0.25) is 5.91 Å². The first-order valence-corrected chi connectivity index (χ1v) is 8.76. The Morgan fingerprint density at radius 3 is 2.21 bits per heavy atom. The summed E-state index contributed by atoms with van der Waals surface area (Å²) in [6.45, 7) is 4.04. The zero-order chi connectivity index (χ0) is 17.4. The fourth-order valence-electron chi connectivity index (χ4n) is 2.93. The summed E-state index contributed by atoms with van der Waals surface area (Å²) in [5.74, 6) is -0.233. The van der Waals surface area contributed by atoms with E-state index in [1.807, 2.05) is 55.5 Å². The van der Waals surface area contributed by atoms with E-state index >= 15 is 0 Å². The maximum atomic E-state index is 12.6. The lowest BCUT2D eigenvalue weighted by molar-refractivity contribution is -0.125. The third-order valence-electron chi connectivity index (χ3n) is 4.45. The van der Waals surface area contributed by atoms with Gasteiger partial charge in [0, 0.05) is 12.1 Å². The summed E-state index contributed by atoms with van der Waals surface area (Å²) in [7, 11) is 0. The summed E-state index contributed by atoms with van der Waals surface area (Å²) in [4.78, 5) is 12.6. The van der Waals surface area contributed by atoms with Crippen LogP contribution >= 0.6 is 0 Å². The van der Waals surface area contributed by atoms with E-state index in [2.05, 4.69) is 24.4 Å². The maximum absolute atomic E-state index is 12.6. The predicted molar refractivity (Wildman–Crippen MR) is 99.5 cm³/mol. The van der Waals surface area contributed by atoms with Crippen LogP contribution in [0.2, 0.25) is 0 Å². The molecule has 0 fully saturated rings. The van der Waals surface area contributed by atoms with Crippen LogP contribution in [0, 0.1) is 5.92 Å². The van der Waals surface area contributed by atoms with Crippen molar-refractivity contribution >= 4 is 5.91 Å². The Bertz CT molecular complexity index is 612. The highest BCUT2D eigenvalue weighted by atomic mass is 16.1. The van der Waals surface area contributed by atoms with Gasteiger partial charge in [-0.1, -0.05) is 80.9 Å². The summed E-state index contributed by atoms with van der Waals surface area (Å²) in [5, 5.41) is 3.20. The van der Waals surface area contributed by atoms with Crippen LogP contribution in [0.4, 0.5) is 0 Å². The van der Waals surface area contributed by atoms with Gasteiger partial charge in [-0.2, -0.15) is 0 Å². The quantitative estimate of drug-likeness (QED) is 0.775. The minimum absolute atomic E-state index is 0.0285. The van der Waals surface area contributed by atoms with Crippen molar-refractivity contribution in [3.63, 3.8) is 0 Å². The van der Waals surface area contributed by atoms with Gasteiger partial charge in [-0.3, -0.25) is 4.79 Å². The molecule has 0 radical (unpaired) electrons. The maximum Gasteiger partial charge on any atom is 0.224 e. The molecule has 1 amide bonds. The molecule has 0 saturated heterocycles. The molecule has 3 nitrogen and oxygen atoms in total. The van der Waals surface area contributed by atoms with E-state index < -0.39 is 0 Å². The van der Waals surface area contributed by atoms with E-state index in [0.717, 1.165) is 24.8 Å². The highest BCUT2D eigenvalue weighted by molar-refractivity contribution is 5.79. The molecule has 2 rings (SSSR count). The van der Waals surface area contributed by atoms with Crippen LogP contribution in [0.15, 0.2) is 60.7 Å². The van der Waals surface area contributed by atoms with E-state index in [1.165, 1.54) is 5.56 Å². The summed E-state index contributed by atoms with van der Waals surface area (Å²) >= 11 is 0. The topological polar surface area (TPSA) is 55.1 Å². The molecule has 0 aliphatic heterocycles. The molecule has 24 heavy (non-hydrogen) atoms. The average Bonchev–Trinajstić information content (AvgIpc) is 2.62. The first kappa shape index (κ1) is 18.2. The first-order chi connectivity index (χ1) is 11.6. The molecule has 0 aliphatic rings.